The Hall–Kier alpha value is -2.34. The average Bonchev–Trinajstić information content (AvgIpc) is 2.77. The highest BCUT2D eigenvalue weighted by Gasteiger charge is 2.46. The molecule has 31 heavy (non-hydrogen) atoms. The lowest BCUT2D eigenvalue weighted by molar-refractivity contribution is -0.259. The molecule has 3 N–H and O–H groups in total. The van der Waals surface area contributed by atoms with Crippen LogP contribution in [0.3, 0.4) is 0 Å². The highest BCUT2D eigenvalue weighted by Crippen LogP contribution is 2.24. The fraction of sp³-hybridized carbons (Fsp3) is 0.381. The number of carbonyl (C=O) groups is 1. The number of benzene rings is 2. The minimum atomic E-state index is -4.09. The summed E-state index contributed by atoms with van der Waals surface area (Å²) in [5.74, 6) is -0.487. The normalized spacial score (nSPS) is 26.4. The van der Waals surface area contributed by atoms with Crippen molar-refractivity contribution in [3.05, 3.63) is 65.7 Å². The van der Waals surface area contributed by atoms with Crippen molar-refractivity contribution in [2.24, 2.45) is 0 Å². The van der Waals surface area contributed by atoms with Gasteiger partial charge < -0.3 is 25.0 Å². The SMILES string of the molecule is CO[C@@H]1O[C@@H](COS(=O)(=O)c2ccc(C)cc2)[C@H](O)[C@H](O)[C@@H]1NC(=O)c1ccccc1. The summed E-state index contributed by atoms with van der Waals surface area (Å²) in [4.78, 5) is 12.4. The molecule has 2 aromatic rings. The van der Waals surface area contributed by atoms with E-state index in [1.165, 1.54) is 19.2 Å². The van der Waals surface area contributed by atoms with Gasteiger partial charge in [0.25, 0.3) is 16.0 Å². The second-order valence-corrected chi connectivity index (χ2v) is 8.79. The minimum Gasteiger partial charge on any atom is -0.388 e. The van der Waals surface area contributed by atoms with Crippen molar-refractivity contribution in [3.63, 3.8) is 0 Å². The molecule has 0 aliphatic carbocycles. The summed E-state index contributed by atoms with van der Waals surface area (Å²) >= 11 is 0. The van der Waals surface area contributed by atoms with Crippen molar-refractivity contribution in [1.82, 2.24) is 5.32 Å². The van der Waals surface area contributed by atoms with E-state index in [-0.39, 0.29) is 4.90 Å². The Labute approximate surface area is 180 Å². The molecule has 3 rings (SSSR count). The zero-order valence-electron chi connectivity index (χ0n) is 17.0. The van der Waals surface area contributed by atoms with E-state index in [4.69, 9.17) is 13.7 Å². The van der Waals surface area contributed by atoms with Gasteiger partial charge in [0, 0.05) is 12.7 Å². The zero-order chi connectivity index (χ0) is 22.6. The van der Waals surface area contributed by atoms with Crippen LogP contribution in [-0.4, -0.2) is 68.9 Å². The number of amides is 1. The highest BCUT2D eigenvalue weighted by atomic mass is 32.2. The summed E-state index contributed by atoms with van der Waals surface area (Å²) in [6.45, 7) is 1.27. The van der Waals surface area contributed by atoms with Crippen molar-refractivity contribution in [1.29, 1.82) is 0 Å². The van der Waals surface area contributed by atoms with E-state index in [0.717, 1.165) is 5.56 Å². The Morgan fingerprint density at radius 2 is 1.71 bits per heavy atom. The first-order valence-electron chi connectivity index (χ1n) is 9.59. The van der Waals surface area contributed by atoms with Crippen LogP contribution in [0, 0.1) is 6.92 Å². The molecule has 1 aliphatic heterocycles. The number of rotatable bonds is 7. The Morgan fingerprint density at radius 3 is 2.32 bits per heavy atom. The maximum Gasteiger partial charge on any atom is 0.297 e. The van der Waals surface area contributed by atoms with E-state index in [1.807, 2.05) is 6.92 Å². The van der Waals surface area contributed by atoms with Gasteiger partial charge in [-0.1, -0.05) is 35.9 Å². The molecule has 1 aliphatic rings. The molecule has 0 unspecified atom stereocenters. The Bertz CT molecular complexity index is 978. The molecule has 10 heteroatoms. The molecule has 2 aromatic carbocycles. The fourth-order valence-corrected chi connectivity index (χ4v) is 4.10. The van der Waals surface area contributed by atoms with E-state index in [9.17, 15) is 23.4 Å². The highest BCUT2D eigenvalue weighted by molar-refractivity contribution is 7.86. The third-order valence-electron chi connectivity index (χ3n) is 4.96. The van der Waals surface area contributed by atoms with Gasteiger partial charge in [-0.25, -0.2) is 0 Å². The molecule has 5 atom stereocenters. The van der Waals surface area contributed by atoms with Crippen LogP contribution in [0.25, 0.3) is 0 Å². The van der Waals surface area contributed by atoms with Gasteiger partial charge in [0.2, 0.25) is 0 Å². The van der Waals surface area contributed by atoms with Gasteiger partial charge >= 0.3 is 0 Å². The molecule has 1 heterocycles. The Morgan fingerprint density at radius 1 is 1.06 bits per heavy atom. The Balaban J connectivity index is 1.67. The van der Waals surface area contributed by atoms with Gasteiger partial charge in [-0.2, -0.15) is 8.42 Å². The number of hydrogen-bond acceptors (Lipinski definition) is 8. The zero-order valence-corrected chi connectivity index (χ0v) is 17.9. The van der Waals surface area contributed by atoms with E-state index >= 15 is 0 Å². The van der Waals surface area contributed by atoms with Crippen LogP contribution in [0.2, 0.25) is 0 Å². The molecule has 168 valence electrons. The molecule has 1 fully saturated rings. The minimum absolute atomic E-state index is 0.0414. The second kappa shape index (κ2) is 9.86. The van der Waals surface area contributed by atoms with Gasteiger partial charge in [-0.3, -0.25) is 8.98 Å². The van der Waals surface area contributed by atoms with Crippen LogP contribution in [-0.2, 0) is 23.8 Å². The van der Waals surface area contributed by atoms with E-state index in [1.54, 1.807) is 42.5 Å². The Kier molecular flexibility index (Phi) is 7.42. The van der Waals surface area contributed by atoms with Crippen LogP contribution in [0.4, 0.5) is 0 Å². The third-order valence-corrected chi connectivity index (χ3v) is 6.26. The summed E-state index contributed by atoms with van der Waals surface area (Å²) in [6.07, 6.45) is -5.35. The molecule has 0 bridgehead atoms. The number of methoxy groups -OCH3 is 1. The van der Waals surface area contributed by atoms with Crippen molar-refractivity contribution in [3.8, 4) is 0 Å². The predicted octanol–water partition coefficient (Wildman–Crippen LogP) is 0.592. The summed E-state index contributed by atoms with van der Waals surface area (Å²) in [7, 11) is -2.79. The standard InChI is InChI=1S/C21H25NO8S/c1-13-8-10-15(11-9-13)31(26,27)29-12-16-18(23)19(24)17(21(28-2)30-16)22-20(25)14-6-4-3-5-7-14/h3-11,16-19,21,23-24H,12H2,1-2H3,(H,22,25)/t16-,17-,18-,19+,21+/m0/s1. The van der Waals surface area contributed by atoms with Crippen LogP contribution < -0.4 is 5.32 Å². The number of nitrogens with one attached hydrogen (secondary N) is 1. The third kappa shape index (κ3) is 5.48. The molecule has 9 nitrogen and oxygen atoms in total. The number of hydrogen-bond donors (Lipinski definition) is 3. The molecule has 0 aromatic heterocycles. The number of aliphatic hydroxyl groups is 2. The number of ether oxygens (including phenoxy) is 2. The molecular weight excluding hydrogens is 426 g/mol. The first-order valence-corrected chi connectivity index (χ1v) is 11.0. The van der Waals surface area contributed by atoms with E-state index in [0.29, 0.717) is 5.56 Å². The first kappa shape index (κ1) is 23.3. The maximum atomic E-state index is 12.4. The average molecular weight is 451 g/mol. The van der Waals surface area contributed by atoms with Gasteiger partial charge in [0.15, 0.2) is 6.29 Å². The van der Waals surface area contributed by atoms with Gasteiger partial charge in [0.1, 0.15) is 24.4 Å². The topological polar surface area (TPSA) is 131 Å². The summed E-state index contributed by atoms with van der Waals surface area (Å²) in [5, 5.41) is 23.6. The summed E-state index contributed by atoms with van der Waals surface area (Å²) in [5.41, 5.74) is 1.24. The van der Waals surface area contributed by atoms with Gasteiger partial charge in [-0.15, -0.1) is 0 Å². The van der Waals surface area contributed by atoms with Crippen molar-refractivity contribution in [2.75, 3.05) is 13.7 Å². The lowest BCUT2D eigenvalue weighted by atomic mass is 9.96. The molecule has 1 saturated heterocycles. The maximum absolute atomic E-state index is 12.4. The largest absolute Gasteiger partial charge is 0.388 e. The molecule has 1 amide bonds. The van der Waals surface area contributed by atoms with Crippen LogP contribution in [0.1, 0.15) is 15.9 Å². The molecule has 0 radical (unpaired) electrons. The van der Waals surface area contributed by atoms with Crippen molar-refractivity contribution in [2.45, 2.75) is 42.5 Å². The number of carbonyl (C=O) groups excluding carboxylic acids is 1. The van der Waals surface area contributed by atoms with Gasteiger partial charge in [-0.05, 0) is 31.2 Å². The van der Waals surface area contributed by atoms with Crippen LogP contribution in [0.15, 0.2) is 59.5 Å². The van der Waals surface area contributed by atoms with Crippen LogP contribution in [0.5, 0.6) is 0 Å². The smallest absolute Gasteiger partial charge is 0.297 e. The summed E-state index contributed by atoms with van der Waals surface area (Å²) < 4.78 is 40.6. The van der Waals surface area contributed by atoms with E-state index in [2.05, 4.69) is 5.32 Å². The predicted molar refractivity (Wildman–Crippen MR) is 110 cm³/mol. The van der Waals surface area contributed by atoms with Crippen LogP contribution >= 0.6 is 0 Å². The first-order chi connectivity index (χ1) is 14.7. The number of aliphatic hydroxyl groups excluding tert-OH is 2. The fourth-order valence-electron chi connectivity index (χ4n) is 3.18. The van der Waals surface area contributed by atoms with Crippen molar-refractivity contribution < 1.29 is 37.1 Å². The molecule has 0 saturated carbocycles. The second-order valence-electron chi connectivity index (χ2n) is 7.18. The summed E-state index contributed by atoms with van der Waals surface area (Å²) in [6, 6.07) is 13.3. The van der Waals surface area contributed by atoms with E-state index < -0.39 is 53.3 Å². The van der Waals surface area contributed by atoms with Crippen molar-refractivity contribution >= 4 is 16.0 Å². The lowest BCUT2D eigenvalue weighted by Gasteiger charge is -2.42. The van der Waals surface area contributed by atoms with Gasteiger partial charge in [0.05, 0.1) is 11.5 Å². The quantitative estimate of drug-likeness (QED) is 0.522. The monoisotopic (exact) mass is 451 g/mol. The number of aryl methyl sites for hydroxylation is 1. The lowest BCUT2D eigenvalue weighted by Crippen LogP contribution is -2.64. The molecule has 0 spiro atoms. The molecular formula is C21H25NO8S.